The molecule has 0 bridgehead atoms. The van der Waals surface area contributed by atoms with Crippen LogP contribution in [-0.2, 0) is 6.54 Å². The van der Waals surface area contributed by atoms with Gasteiger partial charge in [-0.1, -0.05) is 25.4 Å². The first kappa shape index (κ1) is 10.2. The van der Waals surface area contributed by atoms with Crippen LogP contribution in [0.2, 0.25) is 5.02 Å². The standard InChI is InChI=1S/C10H12ClN3O/c1-6(2)5-14-9-8(13-10(14)15)3-7(11)4-12-9/h3-4,6H,5H2,1-2H3,(H,13,15). The SMILES string of the molecule is CC(C)Cn1c(=O)[nH]c2cc(Cl)cnc21. The average molecular weight is 226 g/mol. The maximum absolute atomic E-state index is 11.6. The van der Waals surface area contributed by atoms with Gasteiger partial charge in [0.15, 0.2) is 5.65 Å². The minimum atomic E-state index is -0.131. The molecule has 0 spiro atoms. The summed E-state index contributed by atoms with van der Waals surface area (Å²) in [4.78, 5) is 18.5. The van der Waals surface area contributed by atoms with Crippen LogP contribution in [0.25, 0.3) is 11.2 Å². The van der Waals surface area contributed by atoms with Gasteiger partial charge in [-0.05, 0) is 12.0 Å². The lowest BCUT2D eigenvalue weighted by molar-refractivity contribution is 0.520. The molecule has 0 amide bonds. The maximum Gasteiger partial charge on any atom is 0.327 e. The lowest BCUT2D eigenvalue weighted by Crippen LogP contribution is -2.19. The van der Waals surface area contributed by atoms with E-state index < -0.39 is 0 Å². The summed E-state index contributed by atoms with van der Waals surface area (Å²) in [6.45, 7) is 4.77. The zero-order valence-electron chi connectivity index (χ0n) is 8.62. The number of fused-ring (bicyclic) bond motifs is 1. The first-order valence-electron chi connectivity index (χ1n) is 4.82. The molecule has 15 heavy (non-hydrogen) atoms. The van der Waals surface area contributed by atoms with Crippen molar-refractivity contribution < 1.29 is 0 Å². The van der Waals surface area contributed by atoms with Crippen LogP contribution in [0.1, 0.15) is 13.8 Å². The average Bonchev–Trinajstić information content (AvgIpc) is 2.41. The van der Waals surface area contributed by atoms with Crippen LogP contribution >= 0.6 is 11.6 Å². The summed E-state index contributed by atoms with van der Waals surface area (Å²) >= 11 is 5.79. The quantitative estimate of drug-likeness (QED) is 0.850. The summed E-state index contributed by atoms with van der Waals surface area (Å²) in [5.74, 6) is 0.402. The molecule has 0 unspecified atom stereocenters. The van der Waals surface area contributed by atoms with Crippen molar-refractivity contribution in [2.75, 3.05) is 0 Å². The summed E-state index contributed by atoms with van der Waals surface area (Å²) in [6.07, 6.45) is 1.55. The van der Waals surface area contributed by atoms with E-state index in [1.54, 1.807) is 16.8 Å². The van der Waals surface area contributed by atoms with Crippen molar-refractivity contribution in [1.82, 2.24) is 14.5 Å². The highest BCUT2D eigenvalue weighted by atomic mass is 35.5. The molecule has 5 heteroatoms. The third kappa shape index (κ3) is 1.90. The number of halogens is 1. The smallest absolute Gasteiger partial charge is 0.304 e. The van der Waals surface area contributed by atoms with E-state index in [9.17, 15) is 4.79 Å². The number of H-pyrrole nitrogens is 1. The molecule has 0 fully saturated rings. The van der Waals surface area contributed by atoms with Crippen molar-refractivity contribution in [3.8, 4) is 0 Å². The summed E-state index contributed by atoms with van der Waals surface area (Å²) in [5.41, 5.74) is 1.22. The lowest BCUT2D eigenvalue weighted by atomic mass is 10.2. The van der Waals surface area contributed by atoms with Crippen molar-refractivity contribution in [1.29, 1.82) is 0 Å². The van der Waals surface area contributed by atoms with Crippen molar-refractivity contribution >= 4 is 22.8 Å². The Bertz CT molecular complexity index is 541. The van der Waals surface area contributed by atoms with E-state index in [0.29, 0.717) is 28.6 Å². The van der Waals surface area contributed by atoms with E-state index >= 15 is 0 Å². The molecule has 2 heterocycles. The van der Waals surface area contributed by atoms with Crippen molar-refractivity contribution in [2.24, 2.45) is 5.92 Å². The normalized spacial score (nSPS) is 11.5. The zero-order chi connectivity index (χ0) is 11.0. The van der Waals surface area contributed by atoms with Gasteiger partial charge in [0, 0.05) is 12.7 Å². The molecular formula is C10H12ClN3O. The van der Waals surface area contributed by atoms with Gasteiger partial charge in [0.2, 0.25) is 0 Å². The van der Waals surface area contributed by atoms with Gasteiger partial charge < -0.3 is 4.98 Å². The topological polar surface area (TPSA) is 50.7 Å². The molecule has 4 nitrogen and oxygen atoms in total. The molecule has 0 saturated carbocycles. The minimum Gasteiger partial charge on any atom is -0.304 e. The van der Waals surface area contributed by atoms with Crippen LogP contribution in [-0.4, -0.2) is 14.5 Å². The number of pyridine rings is 1. The highest BCUT2D eigenvalue weighted by Gasteiger charge is 2.09. The molecule has 0 aliphatic carbocycles. The molecule has 0 atom stereocenters. The Labute approximate surface area is 91.9 Å². The van der Waals surface area contributed by atoms with Gasteiger partial charge in [-0.25, -0.2) is 9.78 Å². The predicted molar refractivity (Wildman–Crippen MR) is 60.2 cm³/mol. The largest absolute Gasteiger partial charge is 0.327 e. The minimum absolute atomic E-state index is 0.131. The maximum atomic E-state index is 11.6. The fraction of sp³-hybridized carbons (Fsp3) is 0.400. The van der Waals surface area contributed by atoms with Crippen LogP contribution in [0, 0.1) is 5.92 Å². The monoisotopic (exact) mass is 225 g/mol. The third-order valence-electron chi connectivity index (χ3n) is 2.12. The molecule has 2 aromatic rings. The third-order valence-corrected chi connectivity index (χ3v) is 2.33. The fourth-order valence-corrected chi connectivity index (χ4v) is 1.71. The number of nitrogens with zero attached hydrogens (tertiary/aromatic N) is 2. The van der Waals surface area contributed by atoms with Crippen molar-refractivity contribution in [2.45, 2.75) is 20.4 Å². The molecule has 0 saturated heterocycles. The van der Waals surface area contributed by atoms with Crippen molar-refractivity contribution in [3.63, 3.8) is 0 Å². The van der Waals surface area contributed by atoms with E-state index in [0.717, 1.165) is 0 Å². The molecule has 0 radical (unpaired) electrons. The molecule has 0 aliphatic heterocycles. The molecule has 0 aromatic carbocycles. The van der Waals surface area contributed by atoms with Gasteiger partial charge in [0.1, 0.15) is 0 Å². The van der Waals surface area contributed by atoms with Gasteiger partial charge in [0.05, 0.1) is 10.5 Å². The molecule has 0 aliphatic rings. The Morgan fingerprint density at radius 3 is 3.00 bits per heavy atom. The summed E-state index contributed by atoms with van der Waals surface area (Å²) in [6, 6.07) is 1.71. The predicted octanol–water partition coefficient (Wildman–Crippen LogP) is 2.03. The Morgan fingerprint density at radius 1 is 1.60 bits per heavy atom. The van der Waals surface area contributed by atoms with E-state index in [1.165, 1.54) is 0 Å². The summed E-state index contributed by atoms with van der Waals surface area (Å²) < 4.78 is 1.64. The van der Waals surface area contributed by atoms with Crippen molar-refractivity contribution in [3.05, 3.63) is 27.8 Å². The number of aromatic amines is 1. The Morgan fingerprint density at radius 2 is 2.33 bits per heavy atom. The number of hydrogen-bond acceptors (Lipinski definition) is 2. The Hall–Kier alpha value is -1.29. The van der Waals surface area contributed by atoms with E-state index in [4.69, 9.17) is 11.6 Å². The Balaban J connectivity index is 2.63. The molecule has 80 valence electrons. The molecule has 2 rings (SSSR count). The highest BCUT2D eigenvalue weighted by Crippen LogP contribution is 2.14. The second-order valence-corrected chi connectivity index (χ2v) is 4.40. The first-order valence-corrected chi connectivity index (χ1v) is 5.20. The first-order chi connectivity index (χ1) is 7.08. The molecular weight excluding hydrogens is 214 g/mol. The van der Waals surface area contributed by atoms with Gasteiger partial charge >= 0.3 is 5.69 Å². The Kier molecular flexibility index (Phi) is 2.52. The molecule has 1 N–H and O–H groups in total. The van der Waals surface area contributed by atoms with Crippen LogP contribution in [0.3, 0.4) is 0 Å². The number of rotatable bonds is 2. The number of imidazole rings is 1. The van der Waals surface area contributed by atoms with Gasteiger partial charge in [-0.2, -0.15) is 0 Å². The van der Waals surface area contributed by atoms with Gasteiger partial charge in [-0.15, -0.1) is 0 Å². The summed E-state index contributed by atoms with van der Waals surface area (Å²) in [5, 5.41) is 0.528. The number of nitrogens with one attached hydrogen (secondary N) is 1. The second kappa shape index (κ2) is 3.70. The van der Waals surface area contributed by atoms with Crippen LogP contribution < -0.4 is 5.69 Å². The second-order valence-electron chi connectivity index (χ2n) is 3.96. The van der Waals surface area contributed by atoms with E-state index in [2.05, 4.69) is 23.8 Å². The van der Waals surface area contributed by atoms with E-state index in [-0.39, 0.29) is 5.69 Å². The van der Waals surface area contributed by atoms with E-state index in [1.807, 2.05) is 0 Å². The van der Waals surface area contributed by atoms with Gasteiger partial charge in [-0.3, -0.25) is 4.57 Å². The lowest BCUT2D eigenvalue weighted by Gasteiger charge is -2.04. The molecule has 2 aromatic heterocycles. The van der Waals surface area contributed by atoms with Crippen LogP contribution in [0.4, 0.5) is 0 Å². The fourth-order valence-electron chi connectivity index (χ4n) is 1.55. The van der Waals surface area contributed by atoms with Crippen LogP contribution in [0.15, 0.2) is 17.1 Å². The number of aromatic nitrogens is 3. The highest BCUT2D eigenvalue weighted by molar-refractivity contribution is 6.30. The van der Waals surface area contributed by atoms with Gasteiger partial charge in [0.25, 0.3) is 0 Å². The summed E-state index contributed by atoms with van der Waals surface area (Å²) in [7, 11) is 0. The number of hydrogen-bond donors (Lipinski definition) is 1. The van der Waals surface area contributed by atoms with Crippen LogP contribution in [0.5, 0.6) is 0 Å². The zero-order valence-corrected chi connectivity index (χ0v) is 9.38.